The fourth-order valence-electron chi connectivity index (χ4n) is 14.7. The van der Waals surface area contributed by atoms with Crippen molar-refractivity contribution < 1.29 is 0 Å². The Kier molecular flexibility index (Phi) is 15.1. The summed E-state index contributed by atoms with van der Waals surface area (Å²) in [6.07, 6.45) is 26.4. The lowest BCUT2D eigenvalue weighted by Crippen LogP contribution is -2.11. The largest absolute Gasteiger partial charge is 0.311 e. The van der Waals surface area contributed by atoms with E-state index in [2.05, 4.69) is 203 Å². The van der Waals surface area contributed by atoms with Gasteiger partial charge in [-0.25, -0.2) is 10.1 Å². The van der Waals surface area contributed by atoms with Crippen LogP contribution in [0, 0.1) is 17.9 Å². The van der Waals surface area contributed by atoms with Crippen molar-refractivity contribution in [1.29, 1.82) is 5.26 Å². The monoisotopic (exact) mass is 1040 g/mol. The highest BCUT2D eigenvalue weighted by atomic mass is 15.1. The van der Waals surface area contributed by atoms with Gasteiger partial charge in [0.25, 0.3) is 5.70 Å². The predicted octanol–water partition coefficient (Wildman–Crippen LogP) is 22.3. The molecule has 0 aliphatic heterocycles. The minimum atomic E-state index is 0.115. The number of rotatable bonds is 12. The third kappa shape index (κ3) is 10.5. The van der Waals surface area contributed by atoms with Gasteiger partial charge in [0.2, 0.25) is 0 Å². The zero-order valence-corrected chi connectivity index (χ0v) is 46.6. The van der Waals surface area contributed by atoms with Gasteiger partial charge in [-0.05, 0) is 227 Å². The topological polar surface area (TPSA) is 34.6 Å². The first-order valence-electron chi connectivity index (χ1n) is 30.6. The molecule has 0 unspecified atom stereocenters. The molecule has 4 fully saturated rings. The molecule has 398 valence electrons. The van der Waals surface area contributed by atoms with Crippen LogP contribution in [0.15, 0.2) is 188 Å². The molecule has 0 radical (unpaired) electrons. The van der Waals surface area contributed by atoms with Crippen LogP contribution in [0.3, 0.4) is 0 Å². The molecule has 5 aliphatic carbocycles. The van der Waals surface area contributed by atoms with Crippen molar-refractivity contribution in [3.05, 3.63) is 232 Å². The van der Waals surface area contributed by atoms with Crippen LogP contribution >= 0.6 is 0 Å². The zero-order valence-electron chi connectivity index (χ0n) is 46.6. The summed E-state index contributed by atoms with van der Waals surface area (Å²) in [7, 11) is 0. The maximum Gasteiger partial charge on any atom is 0.270 e. The Bertz CT molecular complexity index is 3190. The maximum atomic E-state index is 10.5. The minimum absolute atomic E-state index is 0.115. The summed E-state index contributed by atoms with van der Waals surface area (Å²) in [6, 6.07) is 70.9. The van der Waals surface area contributed by atoms with Crippen molar-refractivity contribution in [2.24, 2.45) is 0 Å². The summed E-state index contributed by atoms with van der Waals surface area (Å²) in [5, 5.41) is 10.5. The summed E-state index contributed by atoms with van der Waals surface area (Å²) in [5.74, 6) is 2.63. The molecule has 0 aromatic heterocycles. The predicted molar refractivity (Wildman–Crippen MR) is 334 cm³/mol. The number of allylic oxidation sites excluding steroid dienone is 1. The molecule has 8 aromatic carbocycles. The first-order chi connectivity index (χ1) is 39.6. The van der Waals surface area contributed by atoms with E-state index < -0.39 is 0 Å². The third-order valence-electron chi connectivity index (χ3n) is 19.2. The summed E-state index contributed by atoms with van der Waals surface area (Å²) in [4.78, 5) is 8.66. The molecule has 4 heteroatoms. The van der Waals surface area contributed by atoms with E-state index in [0.717, 1.165) is 55.9 Å². The van der Waals surface area contributed by atoms with Crippen LogP contribution in [0.4, 0.5) is 34.1 Å². The molecule has 4 saturated carbocycles. The van der Waals surface area contributed by atoms with E-state index in [0.29, 0.717) is 29.2 Å². The molecule has 5 aliphatic rings. The molecule has 4 nitrogen and oxygen atoms in total. The van der Waals surface area contributed by atoms with Crippen LogP contribution < -0.4 is 9.80 Å². The van der Waals surface area contributed by atoms with Gasteiger partial charge < -0.3 is 9.80 Å². The second kappa shape index (κ2) is 23.4. The van der Waals surface area contributed by atoms with Crippen molar-refractivity contribution in [2.75, 3.05) is 9.80 Å². The van der Waals surface area contributed by atoms with Gasteiger partial charge in [-0.15, -0.1) is 0 Å². The summed E-state index contributed by atoms with van der Waals surface area (Å²) >= 11 is 0. The molecule has 0 bridgehead atoms. The van der Waals surface area contributed by atoms with E-state index in [9.17, 15) is 5.26 Å². The average Bonchev–Trinajstić information content (AvgIpc) is 3.92. The molecule has 0 heterocycles. The number of nitrogens with zero attached hydrogens (tertiary/aromatic N) is 4. The quantitative estimate of drug-likeness (QED) is 0.0903. The Balaban J connectivity index is 0.790. The van der Waals surface area contributed by atoms with E-state index in [1.165, 1.54) is 173 Å². The van der Waals surface area contributed by atoms with Crippen LogP contribution in [0.25, 0.3) is 43.8 Å². The van der Waals surface area contributed by atoms with Crippen LogP contribution in [0.2, 0.25) is 0 Å². The van der Waals surface area contributed by atoms with Crippen LogP contribution in [-0.4, -0.2) is 0 Å². The molecular weight excluding hydrogens is 969 g/mol. The lowest BCUT2D eigenvalue weighted by molar-refractivity contribution is 0.443. The number of hydrogen-bond acceptors (Lipinski definition) is 3. The molecule has 80 heavy (non-hydrogen) atoms. The highest BCUT2D eigenvalue weighted by molar-refractivity contribution is 6.05. The first kappa shape index (κ1) is 51.5. The maximum absolute atomic E-state index is 10.5. The Morgan fingerprint density at radius 1 is 0.325 bits per heavy atom. The normalized spacial score (nSPS) is 17.0. The fraction of sp³-hybridized carbons (Fsp3) is 0.316. The molecule has 0 spiro atoms. The third-order valence-corrected chi connectivity index (χ3v) is 19.2. The Labute approximate surface area is 476 Å². The molecule has 0 N–H and O–H groups in total. The van der Waals surface area contributed by atoms with Gasteiger partial charge in [0.15, 0.2) is 0 Å². The average molecular weight is 1040 g/mol. The van der Waals surface area contributed by atoms with Crippen LogP contribution in [0.1, 0.15) is 185 Å². The van der Waals surface area contributed by atoms with E-state index in [-0.39, 0.29) is 5.70 Å². The van der Waals surface area contributed by atoms with Crippen molar-refractivity contribution >= 4 is 39.7 Å². The number of fused-ring (bicyclic) bond motifs is 3. The summed E-state index contributed by atoms with van der Waals surface area (Å²) in [6.45, 7) is 8.24. The highest BCUT2D eigenvalue weighted by Crippen LogP contribution is 2.50. The Hall–Kier alpha value is -7.92. The summed E-state index contributed by atoms with van der Waals surface area (Å²) in [5.41, 5.74) is 21.8. The van der Waals surface area contributed by atoms with Gasteiger partial charge in [-0.2, -0.15) is 0 Å². The summed E-state index contributed by atoms with van der Waals surface area (Å²) < 4.78 is 0. The van der Waals surface area contributed by atoms with Crippen molar-refractivity contribution in [1.82, 2.24) is 0 Å². The highest BCUT2D eigenvalue weighted by Gasteiger charge is 2.29. The van der Waals surface area contributed by atoms with E-state index in [4.69, 9.17) is 6.57 Å². The Morgan fingerprint density at radius 2 is 0.575 bits per heavy atom. The van der Waals surface area contributed by atoms with Crippen molar-refractivity contribution in [2.45, 2.75) is 152 Å². The van der Waals surface area contributed by atoms with Gasteiger partial charge in [-0.1, -0.05) is 174 Å². The van der Waals surface area contributed by atoms with Crippen molar-refractivity contribution in [3.63, 3.8) is 0 Å². The lowest BCUT2D eigenvalue weighted by Gasteiger charge is -2.28. The SMILES string of the molecule is [C-]#[N+]C(C#N)=C1c2cc(-c3ccc(N(c4ccc(C5CCCCC5)cc4)c4ccc(C5CCCCC5)cc4)cc3)ccc2-c2ccc(-c3ccc(N(c4ccc(C5CCCCC5)cc4)c4ccc(C5CCCCC5)cc4)cc3)cc21. The number of hydrogen-bond donors (Lipinski definition) is 0. The fourth-order valence-corrected chi connectivity index (χ4v) is 14.7. The van der Waals surface area contributed by atoms with E-state index >= 15 is 0 Å². The second-order valence-electron chi connectivity index (χ2n) is 23.9. The van der Waals surface area contributed by atoms with Crippen LogP contribution in [-0.2, 0) is 0 Å². The minimum Gasteiger partial charge on any atom is -0.311 e. The van der Waals surface area contributed by atoms with Gasteiger partial charge in [0.05, 0.1) is 12.6 Å². The number of anilines is 6. The standard InChI is InChI=1S/C76H74N4/c1-78-75(52-77)76-73-50-63(61-30-44-69(45-31-61)79(65-36-22-57(23-37-65)53-14-6-2-7-15-53)66-38-24-58(25-39-66)54-16-8-3-9-17-54)34-48-71(73)72-49-35-64(51-74(72)76)62-32-46-70(47-33-62)80(67-40-26-59(27-41-67)55-18-10-4-11-19-55)68-42-28-60(29-43-68)56-20-12-5-13-21-56/h22-51,53-56H,2-21H2. The second-order valence-corrected chi connectivity index (χ2v) is 23.9. The smallest absolute Gasteiger partial charge is 0.270 e. The number of nitriles is 1. The number of benzene rings is 8. The first-order valence-corrected chi connectivity index (χ1v) is 30.6. The van der Waals surface area contributed by atoms with Crippen molar-refractivity contribution in [3.8, 4) is 39.4 Å². The zero-order chi connectivity index (χ0) is 53.8. The van der Waals surface area contributed by atoms with Gasteiger partial charge in [0.1, 0.15) is 0 Å². The molecule has 13 rings (SSSR count). The van der Waals surface area contributed by atoms with Gasteiger partial charge in [-0.3, -0.25) is 0 Å². The Morgan fingerprint density at radius 3 is 0.825 bits per heavy atom. The van der Waals surface area contributed by atoms with E-state index in [1.807, 2.05) is 0 Å². The molecule has 0 amide bonds. The lowest BCUT2D eigenvalue weighted by atomic mass is 9.84. The van der Waals surface area contributed by atoms with E-state index in [1.54, 1.807) is 0 Å². The molecule has 8 aromatic rings. The molecule has 0 atom stereocenters. The van der Waals surface area contributed by atoms with Gasteiger partial charge >= 0.3 is 0 Å². The van der Waals surface area contributed by atoms with Gasteiger partial charge in [0, 0.05) is 39.7 Å². The molecule has 0 saturated heterocycles. The molecular formula is C76H74N4. The van der Waals surface area contributed by atoms with Crippen LogP contribution in [0.5, 0.6) is 0 Å².